The molecular weight excluding hydrogens is 338 g/mol. The van der Waals surface area contributed by atoms with E-state index in [0.717, 1.165) is 16.9 Å². The average Bonchev–Trinajstić information content (AvgIpc) is 2.69. The van der Waals surface area contributed by atoms with Crippen LogP contribution in [0, 0.1) is 11.3 Å². The summed E-state index contributed by atoms with van der Waals surface area (Å²) < 4.78 is 5.20. The highest BCUT2D eigenvalue weighted by molar-refractivity contribution is 5.97. The van der Waals surface area contributed by atoms with Crippen LogP contribution in [0.5, 0.6) is 5.75 Å². The lowest BCUT2D eigenvalue weighted by molar-refractivity contribution is -0.129. The molecule has 0 radical (unpaired) electrons. The molecule has 0 fully saturated rings. The molecule has 2 aromatic carbocycles. The summed E-state index contributed by atoms with van der Waals surface area (Å²) in [5.41, 5.74) is 2.11. The summed E-state index contributed by atoms with van der Waals surface area (Å²) in [6, 6.07) is 19.4. The Hall–Kier alpha value is -3.26. The van der Waals surface area contributed by atoms with Crippen molar-refractivity contribution in [1.29, 1.82) is 5.26 Å². The number of ether oxygens (including phenoxy) is 1. The zero-order valence-electron chi connectivity index (χ0n) is 16.0. The number of nitrogens with zero attached hydrogens (tertiary/aromatic N) is 2. The molecule has 0 aliphatic carbocycles. The van der Waals surface area contributed by atoms with Gasteiger partial charge >= 0.3 is 0 Å². The minimum Gasteiger partial charge on any atom is -0.497 e. The molecule has 0 atom stereocenters. The van der Waals surface area contributed by atoms with E-state index in [1.54, 1.807) is 12.0 Å². The molecule has 0 saturated heterocycles. The highest BCUT2D eigenvalue weighted by Gasteiger charge is 2.21. The Morgan fingerprint density at radius 1 is 1.19 bits per heavy atom. The van der Waals surface area contributed by atoms with Gasteiger partial charge in [-0.25, -0.2) is 0 Å². The lowest BCUT2D eigenvalue weighted by Crippen LogP contribution is -2.37. The molecule has 140 valence electrons. The number of hydrogen-bond donors (Lipinski definition) is 1. The fourth-order valence-corrected chi connectivity index (χ4v) is 2.62. The molecular formula is C22H25N3O2. The van der Waals surface area contributed by atoms with Crippen LogP contribution >= 0.6 is 0 Å². The summed E-state index contributed by atoms with van der Waals surface area (Å²) in [6.07, 6.45) is 1.49. The third kappa shape index (κ3) is 5.89. The van der Waals surface area contributed by atoms with E-state index in [-0.39, 0.29) is 17.5 Å². The number of hydrogen-bond acceptors (Lipinski definition) is 4. The zero-order chi connectivity index (χ0) is 19.6. The van der Waals surface area contributed by atoms with Gasteiger partial charge in [0, 0.05) is 25.3 Å². The molecule has 2 rings (SSSR count). The monoisotopic (exact) mass is 363 g/mol. The standard InChI is InChI=1S/C22H25N3O2/c1-17(2)25(16-18-8-5-4-6-9-18)22(26)20(13-23)15-24-14-19-10-7-11-21(12-19)27-3/h4-12,15,17,24H,14,16H2,1-3H3/b20-15-. The summed E-state index contributed by atoms with van der Waals surface area (Å²) in [4.78, 5) is 14.5. The Bertz CT molecular complexity index is 823. The van der Waals surface area contributed by atoms with Crippen molar-refractivity contribution in [3.05, 3.63) is 77.5 Å². The van der Waals surface area contributed by atoms with Gasteiger partial charge in [0.2, 0.25) is 0 Å². The molecule has 0 aromatic heterocycles. The smallest absolute Gasteiger partial charge is 0.266 e. The van der Waals surface area contributed by atoms with Crippen LogP contribution in [0.2, 0.25) is 0 Å². The van der Waals surface area contributed by atoms with E-state index in [2.05, 4.69) is 5.32 Å². The Kier molecular flexibility index (Phi) is 7.45. The van der Waals surface area contributed by atoms with Crippen LogP contribution in [-0.4, -0.2) is 24.0 Å². The summed E-state index contributed by atoms with van der Waals surface area (Å²) >= 11 is 0. The van der Waals surface area contributed by atoms with E-state index >= 15 is 0 Å². The normalized spacial score (nSPS) is 11.0. The quantitative estimate of drug-likeness (QED) is 0.574. The number of methoxy groups -OCH3 is 1. The Morgan fingerprint density at radius 2 is 1.89 bits per heavy atom. The molecule has 0 aliphatic heterocycles. The maximum atomic E-state index is 12.8. The van der Waals surface area contributed by atoms with Gasteiger partial charge in [0.25, 0.3) is 5.91 Å². The number of nitrogens with one attached hydrogen (secondary N) is 1. The number of carbonyl (C=O) groups excluding carboxylic acids is 1. The highest BCUT2D eigenvalue weighted by Crippen LogP contribution is 2.14. The van der Waals surface area contributed by atoms with Gasteiger partial charge in [-0.1, -0.05) is 42.5 Å². The first-order valence-electron chi connectivity index (χ1n) is 8.86. The van der Waals surface area contributed by atoms with Crippen LogP contribution < -0.4 is 10.1 Å². The summed E-state index contributed by atoms with van der Waals surface area (Å²) in [6.45, 7) is 4.85. The maximum absolute atomic E-state index is 12.8. The molecule has 5 heteroatoms. The summed E-state index contributed by atoms with van der Waals surface area (Å²) in [7, 11) is 1.62. The van der Waals surface area contributed by atoms with Gasteiger partial charge in [-0.2, -0.15) is 5.26 Å². The zero-order valence-corrected chi connectivity index (χ0v) is 16.0. The van der Waals surface area contributed by atoms with Gasteiger partial charge in [-0.3, -0.25) is 4.79 Å². The molecule has 5 nitrogen and oxygen atoms in total. The van der Waals surface area contributed by atoms with Gasteiger partial charge < -0.3 is 15.0 Å². The second kappa shape index (κ2) is 10.0. The van der Waals surface area contributed by atoms with Gasteiger partial charge in [0.1, 0.15) is 17.4 Å². The predicted octanol–water partition coefficient (Wildman–Crippen LogP) is 3.63. The van der Waals surface area contributed by atoms with Crippen LogP contribution in [-0.2, 0) is 17.9 Å². The average molecular weight is 363 g/mol. The van der Waals surface area contributed by atoms with Crippen LogP contribution in [0.1, 0.15) is 25.0 Å². The maximum Gasteiger partial charge on any atom is 0.266 e. The molecule has 0 aliphatic rings. The van der Waals surface area contributed by atoms with E-state index in [1.165, 1.54) is 6.20 Å². The first-order valence-corrected chi connectivity index (χ1v) is 8.86. The van der Waals surface area contributed by atoms with Crippen molar-refractivity contribution in [1.82, 2.24) is 10.2 Å². The second-order valence-corrected chi connectivity index (χ2v) is 6.41. The van der Waals surface area contributed by atoms with E-state index in [0.29, 0.717) is 13.1 Å². The Labute approximate surface area is 160 Å². The van der Waals surface area contributed by atoms with Gasteiger partial charge in [-0.15, -0.1) is 0 Å². The summed E-state index contributed by atoms with van der Waals surface area (Å²) in [5.74, 6) is 0.484. The van der Waals surface area contributed by atoms with E-state index in [4.69, 9.17) is 4.74 Å². The first kappa shape index (κ1) is 20.1. The molecule has 2 aromatic rings. The predicted molar refractivity (Wildman–Crippen MR) is 106 cm³/mol. The lowest BCUT2D eigenvalue weighted by Gasteiger charge is -2.26. The Balaban J connectivity index is 2.07. The number of carbonyl (C=O) groups is 1. The molecule has 0 bridgehead atoms. The van der Waals surface area contributed by atoms with Crippen molar-refractivity contribution in [3.63, 3.8) is 0 Å². The van der Waals surface area contributed by atoms with Crippen molar-refractivity contribution < 1.29 is 9.53 Å². The van der Waals surface area contributed by atoms with Crippen LogP contribution in [0.25, 0.3) is 0 Å². The molecule has 1 amide bonds. The third-order valence-electron chi connectivity index (χ3n) is 4.12. The Morgan fingerprint density at radius 3 is 2.52 bits per heavy atom. The van der Waals surface area contributed by atoms with Gasteiger partial charge in [0.15, 0.2) is 0 Å². The van der Waals surface area contributed by atoms with Crippen molar-refractivity contribution in [2.45, 2.75) is 33.0 Å². The minimum absolute atomic E-state index is 0.0205. The largest absolute Gasteiger partial charge is 0.497 e. The first-order chi connectivity index (χ1) is 13.0. The molecule has 27 heavy (non-hydrogen) atoms. The molecule has 0 spiro atoms. The SMILES string of the molecule is COc1cccc(CN/C=C(/C#N)C(=O)N(Cc2ccccc2)C(C)C)c1. The van der Waals surface area contributed by atoms with Crippen LogP contribution in [0.4, 0.5) is 0 Å². The van der Waals surface area contributed by atoms with Crippen molar-refractivity contribution >= 4 is 5.91 Å². The number of rotatable bonds is 8. The number of benzene rings is 2. The van der Waals surface area contributed by atoms with Gasteiger partial charge in [0.05, 0.1) is 7.11 Å². The number of nitriles is 1. The van der Waals surface area contributed by atoms with E-state index in [1.807, 2.05) is 74.5 Å². The summed E-state index contributed by atoms with van der Waals surface area (Å²) in [5, 5.41) is 12.5. The number of amides is 1. The third-order valence-corrected chi connectivity index (χ3v) is 4.12. The van der Waals surface area contributed by atoms with Crippen LogP contribution in [0.3, 0.4) is 0 Å². The molecule has 0 saturated carbocycles. The topological polar surface area (TPSA) is 65.4 Å². The highest BCUT2D eigenvalue weighted by atomic mass is 16.5. The van der Waals surface area contributed by atoms with E-state index in [9.17, 15) is 10.1 Å². The lowest BCUT2D eigenvalue weighted by atomic mass is 10.1. The second-order valence-electron chi connectivity index (χ2n) is 6.41. The molecule has 0 heterocycles. The van der Waals surface area contributed by atoms with Crippen molar-refractivity contribution in [3.8, 4) is 11.8 Å². The van der Waals surface area contributed by atoms with E-state index < -0.39 is 0 Å². The van der Waals surface area contributed by atoms with Gasteiger partial charge in [-0.05, 0) is 37.1 Å². The fraction of sp³-hybridized carbons (Fsp3) is 0.273. The van der Waals surface area contributed by atoms with Crippen molar-refractivity contribution in [2.24, 2.45) is 0 Å². The molecule has 1 N–H and O–H groups in total. The molecule has 0 unspecified atom stereocenters. The minimum atomic E-state index is -0.283. The van der Waals surface area contributed by atoms with Crippen LogP contribution in [0.15, 0.2) is 66.4 Å². The van der Waals surface area contributed by atoms with Crippen molar-refractivity contribution in [2.75, 3.05) is 7.11 Å². The fourth-order valence-electron chi connectivity index (χ4n) is 2.62.